The van der Waals surface area contributed by atoms with Crippen molar-refractivity contribution in [1.29, 1.82) is 0 Å². The van der Waals surface area contributed by atoms with E-state index in [0.29, 0.717) is 24.6 Å². The maximum atomic E-state index is 11.0. The monoisotopic (exact) mass is 337 g/mol. The number of hydrogen-bond donors (Lipinski definition) is 1. The van der Waals surface area contributed by atoms with E-state index in [1.807, 2.05) is 37.3 Å². The number of benzene rings is 1. The molecule has 3 rings (SSSR count). The second-order valence-electron chi connectivity index (χ2n) is 5.65. The summed E-state index contributed by atoms with van der Waals surface area (Å²) in [5, 5.41) is 13.1. The maximum absolute atomic E-state index is 11.0. The van der Waals surface area contributed by atoms with Gasteiger partial charge in [-0.15, -0.1) is 12.4 Å². The molecule has 1 fully saturated rings. The average Bonchev–Trinajstić information content (AvgIpc) is 3.05. The van der Waals surface area contributed by atoms with Crippen molar-refractivity contribution in [3.63, 3.8) is 0 Å². The van der Waals surface area contributed by atoms with E-state index < -0.39 is 5.97 Å². The summed E-state index contributed by atoms with van der Waals surface area (Å²) in [7, 11) is 0. The van der Waals surface area contributed by atoms with Crippen LogP contribution in [0, 0.1) is 5.92 Å². The van der Waals surface area contributed by atoms with Crippen molar-refractivity contribution in [2.45, 2.75) is 25.8 Å². The molecule has 0 aliphatic carbocycles. The highest BCUT2D eigenvalue weighted by Gasteiger charge is 2.29. The van der Waals surface area contributed by atoms with Crippen molar-refractivity contribution in [3.05, 3.63) is 36.2 Å². The molecule has 1 N–H and O–H groups in total. The minimum Gasteiger partial charge on any atom is -0.481 e. The number of nitrogens with zero attached hydrogens (tertiary/aromatic N) is 3. The van der Waals surface area contributed by atoms with E-state index in [0.717, 1.165) is 18.7 Å². The molecule has 0 spiro atoms. The molecule has 1 aromatic carbocycles. The molecule has 6 nitrogen and oxygen atoms in total. The molecule has 1 aliphatic heterocycles. The van der Waals surface area contributed by atoms with Crippen LogP contribution in [0.1, 0.15) is 31.7 Å². The summed E-state index contributed by atoms with van der Waals surface area (Å²) in [5.74, 6) is 0.234. The molecule has 1 aliphatic rings. The highest BCUT2D eigenvalue weighted by atomic mass is 35.5. The maximum Gasteiger partial charge on any atom is 0.306 e. The molecule has 1 saturated heterocycles. The van der Waals surface area contributed by atoms with Gasteiger partial charge in [0, 0.05) is 5.56 Å². The van der Waals surface area contributed by atoms with Crippen molar-refractivity contribution < 1.29 is 14.4 Å². The number of halogens is 1. The summed E-state index contributed by atoms with van der Waals surface area (Å²) >= 11 is 0. The van der Waals surface area contributed by atoms with Crippen LogP contribution in [0.4, 0.5) is 0 Å². The van der Waals surface area contributed by atoms with Crippen LogP contribution in [-0.4, -0.2) is 39.2 Å². The SMILES string of the molecule is CC(c1nc(-c2ccccc2)no1)N1CCC(C(=O)O)CC1.Cl. The summed E-state index contributed by atoms with van der Waals surface area (Å²) in [5.41, 5.74) is 0.925. The van der Waals surface area contributed by atoms with E-state index >= 15 is 0 Å². The van der Waals surface area contributed by atoms with E-state index in [9.17, 15) is 4.79 Å². The largest absolute Gasteiger partial charge is 0.481 e. The lowest BCUT2D eigenvalue weighted by Crippen LogP contribution is -2.37. The minimum absolute atomic E-state index is 0. The predicted molar refractivity (Wildman–Crippen MR) is 87.3 cm³/mol. The van der Waals surface area contributed by atoms with Crippen LogP contribution in [0.25, 0.3) is 11.4 Å². The molecule has 1 aromatic heterocycles. The molecule has 0 bridgehead atoms. The molecule has 124 valence electrons. The zero-order valence-electron chi connectivity index (χ0n) is 12.9. The van der Waals surface area contributed by atoms with Crippen molar-refractivity contribution in [2.24, 2.45) is 5.92 Å². The normalized spacial score (nSPS) is 17.4. The zero-order chi connectivity index (χ0) is 15.5. The Labute approximate surface area is 140 Å². The standard InChI is InChI=1S/C16H19N3O3.ClH/c1-11(19-9-7-13(8-10-19)16(20)21)15-17-14(18-22-15)12-5-3-2-4-6-12;/h2-6,11,13H,7-10H2,1H3,(H,20,21);1H. The van der Waals surface area contributed by atoms with E-state index in [-0.39, 0.29) is 24.4 Å². The average molecular weight is 338 g/mol. The molecular formula is C16H20ClN3O3. The van der Waals surface area contributed by atoms with Crippen LogP contribution >= 0.6 is 12.4 Å². The molecule has 2 aromatic rings. The fraction of sp³-hybridized carbons (Fsp3) is 0.438. The Balaban J connectivity index is 0.00000192. The number of aliphatic carboxylic acids is 1. The fourth-order valence-corrected chi connectivity index (χ4v) is 2.80. The Morgan fingerprint density at radius 2 is 1.96 bits per heavy atom. The summed E-state index contributed by atoms with van der Waals surface area (Å²) in [6.45, 7) is 3.49. The summed E-state index contributed by atoms with van der Waals surface area (Å²) in [6, 6.07) is 9.70. The number of aromatic nitrogens is 2. The first-order chi connectivity index (χ1) is 10.6. The lowest BCUT2D eigenvalue weighted by atomic mass is 9.96. The summed E-state index contributed by atoms with van der Waals surface area (Å²) in [6.07, 6.45) is 1.33. The first kappa shape index (κ1) is 17.4. The Morgan fingerprint density at radius 1 is 1.30 bits per heavy atom. The topological polar surface area (TPSA) is 79.5 Å². The summed E-state index contributed by atoms with van der Waals surface area (Å²) in [4.78, 5) is 17.7. The molecular weight excluding hydrogens is 318 g/mol. The first-order valence-electron chi connectivity index (χ1n) is 7.51. The first-order valence-corrected chi connectivity index (χ1v) is 7.51. The number of piperidine rings is 1. The van der Waals surface area contributed by atoms with Crippen molar-refractivity contribution >= 4 is 18.4 Å². The van der Waals surface area contributed by atoms with Crippen LogP contribution in [0.15, 0.2) is 34.9 Å². The predicted octanol–water partition coefficient (Wildman–Crippen LogP) is 3.02. The van der Waals surface area contributed by atoms with Crippen molar-refractivity contribution in [1.82, 2.24) is 15.0 Å². The van der Waals surface area contributed by atoms with Gasteiger partial charge in [-0.25, -0.2) is 0 Å². The number of carbonyl (C=O) groups is 1. The van der Waals surface area contributed by atoms with Gasteiger partial charge in [0.15, 0.2) is 0 Å². The molecule has 0 radical (unpaired) electrons. The third-order valence-electron chi connectivity index (χ3n) is 4.26. The van der Waals surface area contributed by atoms with Gasteiger partial charge in [-0.3, -0.25) is 9.69 Å². The third kappa shape index (κ3) is 3.89. The van der Waals surface area contributed by atoms with Crippen LogP contribution in [0.2, 0.25) is 0 Å². The molecule has 2 heterocycles. The Kier molecular flexibility index (Phi) is 5.74. The fourth-order valence-electron chi connectivity index (χ4n) is 2.80. The molecule has 1 unspecified atom stereocenters. The van der Waals surface area contributed by atoms with Gasteiger partial charge in [0.05, 0.1) is 12.0 Å². The minimum atomic E-state index is -0.698. The number of hydrogen-bond acceptors (Lipinski definition) is 5. The molecule has 23 heavy (non-hydrogen) atoms. The van der Waals surface area contributed by atoms with Gasteiger partial charge < -0.3 is 9.63 Å². The van der Waals surface area contributed by atoms with E-state index in [1.54, 1.807) is 0 Å². The van der Waals surface area contributed by atoms with Gasteiger partial charge in [-0.05, 0) is 32.9 Å². The Bertz CT molecular complexity index is 639. The number of likely N-dealkylation sites (tertiary alicyclic amines) is 1. The van der Waals surface area contributed by atoms with Gasteiger partial charge in [0.25, 0.3) is 0 Å². The number of carboxylic acid groups (broad SMARTS) is 1. The molecule has 1 atom stereocenters. The van der Waals surface area contributed by atoms with Crippen LogP contribution in [0.5, 0.6) is 0 Å². The lowest BCUT2D eigenvalue weighted by molar-refractivity contribution is -0.143. The highest BCUT2D eigenvalue weighted by Crippen LogP contribution is 2.27. The van der Waals surface area contributed by atoms with Gasteiger partial charge in [0.2, 0.25) is 11.7 Å². The highest BCUT2D eigenvalue weighted by molar-refractivity contribution is 5.85. The quantitative estimate of drug-likeness (QED) is 0.923. The van der Waals surface area contributed by atoms with Gasteiger partial charge in [-0.2, -0.15) is 4.98 Å². The van der Waals surface area contributed by atoms with E-state index in [2.05, 4.69) is 15.0 Å². The van der Waals surface area contributed by atoms with Crippen LogP contribution < -0.4 is 0 Å². The van der Waals surface area contributed by atoms with Crippen molar-refractivity contribution in [3.8, 4) is 11.4 Å². The number of carboxylic acids is 1. The smallest absolute Gasteiger partial charge is 0.306 e. The molecule has 7 heteroatoms. The van der Waals surface area contributed by atoms with Crippen LogP contribution in [0.3, 0.4) is 0 Å². The third-order valence-corrected chi connectivity index (χ3v) is 4.26. The number of rotatable bonds is 4. The van der Waals surface area contributed by atoms with E-state index in [4.69, 9.17) is 9.63 Å². The Hall–Kier alpha value is -1.92. The van der Waals surface area contributed by atoms with Crippen molar-refractivity contribution in [2.75, 3.05) is 13.1 Å². The van der Waals surface area contributed by atoms with E-state index in [1.165, 1.54) is 0 Å². The van der Waals surface area contributed by atoms with Gasteiger partial charge >= 0.3 is 5.97 Å². The molecule has 0 amide bonds. The van der Waals surface area contributed by atoms with Gasteiger partial charge in [0.1, 0.15) is 0 Å². The zero-order valence-corrected chi connectivity index (χ0v) is 13.7. The van der Waals surface area contributed by atoms with Gasteiger partial charge in [-0.1, -0.05) is 35.5 Å². The van der Waals surface area contributed by atoms with Crippen LogP contribution in [-0.2, 0) is 4.79 Å². The summed E-state index contributed by atoms with van der Waals surface area (Å²) < 4.78 is 5.39. The second kappa shape index (κ2) is 7.57. The second-order valence-corrected chi connectivity index (χ2v) is 5.65. The lowest BCUT2D eigenvalue weighted by Gasteiger charge is -2.32. The molecule has 0 saturated carbocycles. The Morgan fingerprint density at radius 3 is 2.57 bits per heavy atom.